The summed E-state index contributed by atoms with van der Waals surface area (Å²) in [5.41, 5.74) is 19.0. The average molecular weight is 773 g/mol. The second-order valence-electron chi connectivity index (χ2n) is 17.8. The Morgan fingerprint density at radius 1 is 0.633 bits per heavy atom. The number of aliphatic imine (C=N–C) groups is 1. The highest BCUT2D eigenvalue weighted by atomic mass is 15.3. The van der Waals surface area contributed by atoms with Gasteiger partial charge < -0.3 is 14.5 Å². The molecule has 4 aliphatic carbocycles. The molecule has 13 rings (SSSR count). The zero-order valence-electron chi connectivity index (χ0n) is 33.8. The number of rotatable bonds is 5. The summed E-state index contributed by atoms with van der Waals surface area (Å²) in [6.07, 6.45) is 17.9. The van der Waals surface area contributed by atoms with Crippen LogP contribution in [0.25, 0.3) is 66.7 Å². The normalized spacial score (nSPS) is 21.6. The van der Waals surface area contributed by atoms with Gasteiger partial charge in [0, 0.05) is 44.6 Å². The van der Waals surface area contributed by atoms with Crippen molar-refractivity contribution in [1.29, 1.82) is 0 Å². The van der Waals surface area contributed by atoms with E-state index in [0.717, 1.165) is 24.1 Å². The zero-order chi connectivity index (χ0) is 39.7. The van der Waals surface area contributed by atoms with Crippen molar-refractivity contribution in [2.45, 2.75) is 38.4 Å². The molecule has 6 aromatic carbocycles. The van der Waals surface area contributed by atoms with Crippen LogP contribution in [0.3, 0.4) is 0 Å². The first-order chi connectivity index (χ1) is 29.5. The third-order valence-electron chi connectivity index (χ3n) is 14.3. The minimum Gasteiger partial charge on any atom is -0.350 e. The van der Waals surface area contributed by atoms with E-state index in [2.05, 4.69) is 204 Å². The number of fused-ring (bicyclic) bond motifs is 10. The van der Waals surface area contributed by atoms with E-state index < -0.39 is 0 Å². The van der Waals surface area contributed by atoms with Gasteiger partial charge in [0.2, 0.25) is 6.29 Å². The third kappa shape index (κ3) is 4.88. The molecule has 0 bridgehead atoms. The Hall–Kier alpha value is -6.91. The number of nitrogens with one attached hydrogen (secondary N) is 1. The Morgan fingerprint density at radius 3 is 2.20 bits per heavy atom. The maximum Gasteiger partial charge on any atom is 0.201 e. The van der Waals surface area contributed by atoms with Crippen molar-refractivity contribution >= 4 is 44.5 Å². The fraction of sp³-hybridized carbons (Fsp3) is 0.161. The smallest absolute Gasteiger partial charge is 0.201 e. The second kappa shape index (κ2) is 12.5. The lowest BCUT2D eigenvalue weighted by Crippen LogP contribution is -2.31. The fourth-order valence-corrected chi connectivity index (χ4v) is 11.2. The Kier molecular flexibility index (Phi) is 7.11. The van der Waals surface area contributed by atoms with Gasteiger partial charge in [-0.05, 0) is 124 Å². The standard InChI is InChI=1S/C56H44N4/c1-56(2)46-21-11-8-16-38(46)39-27-26-37(32-47(39)56)59-50-22-12-9-17-40(50)44-30-35(24-28-52(44)59)36-25-29-53-45(31-36)41-18-10-13-23-51(41)60(53)55-57-48(34-14-4-3-5-15-34)33-49(58-55)54-42-19-6-7-20-43(42)54/h3-8,10-16,18-33,42-43,54-55,58H,9,17H2,1-2H3. The minimum atomic E-state index is -0.279. The summed E-state index contributed by atoms with van der Waals surface area (Å²) in [4.78, 5) is 5.44. The molecule has 4 nitrogen and oxygen atoms in total. The van der Waals surface area contributed by atoms with E-state index in [1.54, 1.807) is 0 Å². The van der Waals surface area contributed by atoms with Crippen LogP contribution in [0.2, 0.25) is 0 Å². The van der Waals surface area contributed by atoms with Gasteiger partial charge in [0.1, 0.15) is 0 Å². The molecule has 5 aliphatic rings. The predicted octanol–water partition coefficient (Wildman–Crippen LogP) is 13.1. The Morgan fingerprint density at radius 2 is 1.35 bits per heavy atom. The van der Waals surface area contributed by atoms with Crippen molar-refractivity contribution in [2.75, 3.05) is 0 Å². The highest BCUT2D eigenvalue weighted by molar-refractivity contribution is 6.11. The molecule has 1 fully saturated rings. The van der Waals surface area contributed by atoms with E-state index in [1.807, 2.05) is 0 Å². The summed E-state index contributed by atoms with van der Waals surface area (Å²) in [6.45, 7) is 4.74. The predicted molar refractivity (Wildman–Crippen MR) is 249 cm³/mol. The SMILES string of the molecule is CC1(C)c2ccccc2-c2ccc(-n3c4c(c5cc(-c6ccc7c(c6)c6ccccc6n7C6N=C(c7ccccc7)C=C(C7C8C=CC=CC87)N6)ccc53)CCC=C4)cc21. The van der Waals surface area contributed by atoms with Crippen molar-refractivity contribution in [3.8, 4) is 27.9 Å². The lowest BCUT2D eigenvalue weighted by Gasteiger charge is -2.27. The molecule has 0 radical (unpaired) electrons. The maximum atomic E-state index is 5.44. The summed E-state index contributed by atoms with van der Waals surface area (Å²) in [7, 11) is 0. The fourth-order valence-electron chi connectivity index (χ4n) is 11.2. The van der Waals surface area contributed by atoms with Crippen molar-refractivity contribution in [1.82, 2.24) is 14.5 Å². The van der Waals surface area contributed by atoms with E-state index in [9.17, 15) is 0 Å². The molecule has 4 heteroatoms. The molecular formula is C56H44N4. The van der Waals surface area contributed by atoms with Crippen LogP contribution in [0.1, 0.15) is 54.5 Å². The Balaban J connectivity index is 0.922. The van der Waals surface area contributed by atoms with Gasteiger partial charge in [-0.25, -0.2) is 4.99 Å². The molecule has 8 aromatic rings. The van der Waals surface area contributed by atoms with E-state index in [4.69, 9.17) is 4.99 Å². The van der Waals surface area contributed by atoms with Crippen molar-refractivity contribution in [3.63, 3.8) is 0 Å². The topological polar surface area (TPSA) is 34.2 Å². The van der Waals surface area contributed by atoms with Gasteiger partial charge in [-0.1, -0.05) is 135 Å². The molecule has 0 saturated heterocycles. The molecule has 1 N–H and O–H groups in total. The number of allylic oxidation sites excluding steroid dienone is 7. The summed E-state index contributed by atoms with van der Waals surface area (Å²) in [5, 5.41) is 7.78. The van der Waals surface area contributed by atoms with Crippen LogP contribution in [-0.4, -0.2) is 14.8 Å². The van der Waals surface area contributed by atoms with Crippen molar-refractivity contribution < 1.29 is 0 Å². The highest BCUT2D eigenvalue weighted by Crippen LogP contribution is 2.54. The summed E-state index contributed by atoms with van der Waals surface area (Å²) < 4.78 is 4.93. The van der Waals surface area contributed by atoms with Crippen LogP contribution in [0.15, 0.2) is 181 Å². The van der Waals surface area contributed by atoms with Gasteiger partial charge in [0.15, 0.2) is 0 Å². The molecule has 3 atom stereocenters. The highest BCUT2D eigenvalue weighted by Gasteiger charge is 2.50. The molecule has 0 amide bonds. The molecule has 1 aliphatic heterocycles. The lowest BCUT2D eigenvalue weighted by atomic mass is 9.82. The molecular weight excluding hydrogens is 729 g/mol. The first-order valence-corrected chi connectivity index (χ1v) is 21.6. The van der Waals surface area contributed by atoms with Crippen LogP contribution in [0.4, 0.5) is 0 Å². The molecule has 3 unspecified atom stereocenters. The summed E-state index contributed by atoms with van der Waals surface area (Å²) in [5.74, 6) is 1.52. The number of aryl methyl sites for hydroxylation is 1. The van der Waals surface area contributed by atoms with Gasteiger partial charge in [-0.3, -0.25) is 0 Å². The van der Waals surface area contributed by atoms with E-state index in [0.29, 0.717) is 17.8 Å². The van der Waals surface area contributed by atoms with Gasteiger partial charge in [0.05, 0.1) is 22.3 Å². The van der Waals surface area contributed by atoms with Crippen LogP contribution in [0.5, 0.6) is 0 Å². The minimum absolute atomic E-state index is 0.0523. The van der Waals surface area contributed by atoms with Crippen molar-refractivity contribution in [3.05, 3.63) is 204 Å². The van der Waals surface area contributed by atoms with Gasteiger partial charge in [0.25, 0.3) is 0 Å². The van der Waals surface area contributed by atoms with Gasteiger partial charge in [-0.2, -0.15) is 0 Å². The first-order valence-electron chi connectivity index (χ1n) is 21.6. The maximum absolute atomic E-state index is 5.44. The number of nitrogens with zero attached hydrogens (tertiary/aromatic N) is 3. The number of para-hydroxylation sites is 1. The molecule has 0 spiro atoms. The third-order valence-corrected chi connectivity index (χ3v) is 14.3. The largest absolute Gasteiger partial charge is 0.350 e. The van der Waals surface area contributed by atoms with Gasteiger partial charge in [-0.15, -0.1) is 0 Å². The summed E-state index contributed by atoms with van der Waals surface area (Å²) in [6, 6.07) is 49.7. The van der Waals surface area contributed by atoms with Gasteiger partial charge >= 0.3 is 0 Å². The molecule has 288 valence electrons. The number of aromatic nitrogens is 2. The average Bonchev–Trinajstić information content (AvgIpc) is 3.72. The molecule has 2 aromatic heterocycles. The Labute approximate surface area is 350 Å². The van der Waals surface area contributed by atoms with E-state index in [-0.39, 0.29) is 11.7 Å². The first kappa shape index (κ1) is 34.0. The van der Waals surface area contributed by atoms with E-state index in [1.165, 1.54) is 88.7 Å². The zero-order valence-corrected chi connectivity index (χ0v) is 33.8. The Bertz CT molecular complexity index is 3270. The van der Waals surface area contributed by atoms with Crippen LogP contribution < -0.4 is 5.32 Å². The number of benzene rings is 6. The quantitative estimate of drug-likeness (QED) is 0.186. The van der Waals surface area contributed by atoms with E-state index >= 15 is 0 Å². The monoisotopic (exact) mass is 772 g/mol. The molecule has 3 heterocycles. The van der Waals surface area contributed by atoms with Crippen LogP contribution in [-0.2, 0) is 11.8 Å². The molecule has 1 saturated carbocycles. The summed E-state index contributed by atoms with van der Waals surface area (Å²) >= 11 is 0. The molecule has 60 heavy (non-hydrogen) atoms. The lowest BCUT2D eigenvalue weighted by molar-refractivity contribution is 0.464. The van der Waals surface area contributed by atoms with Crippen LogP contribution in [0, 0.1) is 17.8 Å². The number of hydrogen-bond acceptors (Lipinski definition) is 2. The van der Waals surface area contributed by atoms with Crippen LogP contribution >= 0.6 is 0 Å². The van der Waals surface area contributed by atoms with Crippen molar-refractivity contribution in [2.24, 2.45) is 22.7 Å². The second-order valence-corrected chi connectivity index (χ2v) is 17.8. The number of hydrogen-bond donors (Lipinski definition) is 1.